The molecule has 0 aliphatic heterocycles. The van der Waals surface area contributed by atoms with Crippen LogP contribution in [-0.4, -0.2) is 23.7 Å². The van der Waals surface area contributed by atoms with E-state index in [-0.39, 0.29) is 5.41 Å². The van der Waals surface area contributed by atoms with Crippen LogP contribution in [0.4, 0.5) is 5.69 Å². The van der Waals surface area contributed by atoms with Gasteiger partial charge in [-0.15, -0.1) is 0 Å². The Bertz CT molecular complexity index is 656. The summed E-state index contributed by atoms with van der Waals surface area (Å²) in [6.07, 6.45) is 3.16. The van der Waals surface area contributed by atoms with Crippen LogP contribution in [-0.2, 0) is 4.74 Å². The van der Waals surface area contributed by atoms with Crippen molar-refractivity contribution >= 4 is 28.2 Å². The van der Waals surface area contributed by atoms with Crippen LogP contribution < -0.4 is 5.32 Å². The Labute approximate surface area is 130 Å². The van der Waals surface area contributed by atoms with Crippen LogP contribution in [0, 0.1) is 5.41 Å². The second kappa shape index (κ2) is 5.47. The van der Waals surface area contributed by atoms with Crippen LogP contribution in [0.2, 0.25) is 5.02 Å². The number of pyridine rings is 1. The van der Waals surface area contributed by atoms with Gasteiger partial charge in [-0.1, -0.05) is 25.4 Å². The minimum atomic E-state index is 0.122. The number of fused-ring (bicyclic) bond motifs is 1. The lowest BCUT2D eigenvalue weighted by Gasteiger charge is -2.52. The highest BCUT2D eigenvalue weighted by molar-refractivity contribution is 6.35. The van der Waals surface area contributed by atoms with Gasteiger partial charge in [0.2, 0.25) is 0 Å². The lowest BCUT2D eigenvalue weighted by atomic mass is 9.64. The number of nitrogens with one attached hydrogen (secondary N) is 1. The van der Waals surface area contributed by atoms with Crippen molar-refractivity contribution in [1.29, 1.82) is 0 Å². The second-order valence-corrected chi connectivity index (χ2v) is 6.60. The summed E-state index contributed by atoms with van der Waals surface area (Å²) in [6.45, 7) is 7.32. The molecular weight excluding hydrogens is 284 g/mol. The van der Waals surface area contributed by atoms with Crippen LogP contribution in [0.3, 0.4) is 0 Å². The topological polar surface area (TPSA) is 34.1 Å². The van der Waals surface area contributed by atoms with Crippen molar-refractivity contribution in [2.75, 3.05) is 11.9 Å². The van der Waals surface area contributed by atoms with Crippen molar-refractivity contribution in [3.63, 3.8) is 0 Å². The molecule has 1 heterocycles. The molecular formula is C17H21ClN2O. The van der Waals surface area contributed by atoms with E-state index in [2.05, 4.69) is 24.1 Å². The molecule has 3 nitrogen and oxygen atoms in total. The summed E-state index contributed by atoms with van der Waals surface area (Å²) in [5.74, 6) is 0. The van der Waals surface area contributed by atoms with Gasteiger partial charge in [-0.25, -0.2) is 0 Å². The Kier molecular flexibility index (Phi) is 3.80. The minimum absolute atomic E-state index is 0.122. The molecule has 1 N–H and O–H groups in total. The summed E-state index contributed by atoms with van der Waals surface area (Å²) in [6, 6.07) is 8.25. The van der Waals surface area contributed by atoms with E-state index in [4.69, 9.17) is 16.3 Å². The van der Waals surface area contributed by atoms with Gasteiger partial charge in [0.05, 0.1) is 22.3 Å². The number of hydrogen-bond acceptors (Lipinski definition) is 3. The molecule has 2 aromatic rings. The van der Waals surface area contributed by atoms with Gasteiger partial charge < -0.3 is 10.1 Å². The zero-order valence-corrected chi connectivity index (χ0v) is 13.4. The Morgan fingerprint density at radius 3 is 2.90 bits per heavy atom. The molecule has 1 aromatic heterocycles. The van der Waals surface area contributed by atoms with Crippen molar-refractivity contribution in [2.45, 2.75) is 39.3 Å². The van der Waals surface area contributed by atoms with Crippen LogP contribution in [0.5, 0.6) is 0 Å². The lowest BCUT2D eigenvalue weighted by Crippen LogP contribution is -2.58. The molecule has 2 atom stereocenters. The first-order chi connectivity index (χ1) is 10.0. The average molecular weight is 305 g/mol. The normalized spacial score (nSPS) is 23.8. The number of aromatic nitrogens is 1. The number of ether oxygens (including phenoxy) is 1. The van der Waals surface area contributed by atoms with Crippen LogP contribution >= 0.6 is 11.6 Å². The first-order valence-electron chi connectivity index (χ1n) is 7.45. The van der Waals surface area contributed by atoms with Crippen LogP contribution in [0.1, 0.15) is 27.2 Å². The third-order valence-electron chi connectivity index (χ3n) is 4.59. The summed E-state index contributed by atoms with van der Waals surface area (Å²) in [5, 5.41) is 5.35. The van der Waals surface area contributed by atoms with Gasteiger partial charge in [0.25, 0.3) is 0 Å². The van der Waals surface area contributed by atoms with E-state index in [1.54, 1.807) is 6.20 Å². The zero-order chi connectivity index (χ0) is 15.0. The Balaban J connectivity index is 1.85. The molecule has 3 rings (SSSR count). The average Bonchev–Trinajstić information content (AvgIpc) is 2.49. The monoisotopic (exact) mass is 304 g/mol. The molecule has 0 bridgehead atoms. The Hall–Kier alpha value is -1.32. The zero-order valence-electron chi connectivity index (χ0n) is 12.7. The minimum Gasteiger partial charge on any atom is -0.380 e. The number of rotatable bonds is 4. The molecule has 112 valence electrons. The molecule has 0 radical (unpaired) electrons. The van der Waals surface area contributed by atoms with Crippen molar-refractivity contribution in [2.24, 2.45) is 5.41 Å². The SMILES string of the molecule is CCOC1CC(Nc2ccc(Cl)c3cccnc23)C1(C)C. The fourth-order valence-corrected chi connectivity index (χ4v) is 3.27. The molecule has 0 spiro atoms. The van der Waals surface area contributed by atoms with Gasteiger partial charge in [-0.2, -0.15) is 0 Å². The maximum Gasteiger partial charge on any atom is 0.0948 e. The van der Waals surface area contributed by atoms with Crippen molar-refractivity contribution in [3.05, 3.63) is 35.5 Å². The quantitative estimate of drug-likeness (QED) is 0.903. The first-order valence-corrected chi connectivity index (χ1v) is 7.83. The van der Waals surface area contributed by atoms with Crippen molar-refractivity contribution in [3.8, 4) is 0 Å². The fraction of sp³-hybridized carbons (Fsp3) is 0.471. The second-order valence-electron chi connectivity index (χ2n) is 6.19. The lowest BCUT2D eigenvalue weighted by molar-refractivity contribution is -0.0975. The Morgan fingerprint density at radius 2 is 2.19 bits per heavy atom. The summed E-state index contributed by atoms with van der Waals surface area (Å²) < 4.78 is 5.79. The van der Waals surface area contributed by atoms with E-state index in [1.807, 2.05) is 31.2 Å². The van der Waals surface area contributed by atoms with Gasteiger partial charge in [-0.3, -0.25) is 4.98 Å². The van der Waals surface area contributed by atoms with E-state index in [0.717, 1.165) is 34.6 Å². The third-order valence-corrected chi connectivity index (χ3v) is 4.92. The highest BCUT2D eigenvalue weighted by Gasteiger charge is 2.49. The molecule has 21 heavy (non-hydrogen) atoms. The fourth-order valence-electron chi connectivity index (χ4n) is 3.06. The van der Waals surface area contributed by atoms with Crippen molar-refractivity contribution in [1.82, 2.24) is 4.98 Å². The van der Waals surface area contributed by atoms with Crippen molar-refractivity contribution < 1.29 is 4.74 Å². The molecule has 2 unspecified atom stereocenters. The summed E-state index contributed by atoms with van der Waals surface area (Å²) in [5.41, 5.74) is 2.10. The van der Waals surface area contributed by atoms with E-state index < -0.39 is 0 Å². The summed E-state index contributed by atoms with van der Waals surface area (Å²) in [7, 11) is 0. The first kappa shape index (κ1) is 14.6. The van der Waals surface area contributed by atoms with E-state index in [9.17, 15) is 0 Å². The predicted molar refractivity (Wildman–Crippen MR) is 88.0 cm³/mol. The van der Waals surface area contributed by atoms with Gasteiger partial charge in [-0.05, 0) is 37.6 Å². The highest BCUT2D eigenvalue weighted by Crippen LogP contribution is 2.45. The van der Waals surface area contributed by atoms with Gasteiger partial charge in [0.15, 0.2) is 0 Å². The molecule has 1 saturated carbocycles. The van der Waals surface area contributed by atoms with Crippen LogP contribution in [0.15, 0.2) is 30.5 Å². The largest absolute Gasteiger partial charge is 0.380 e. The van der Waals surface area contributed by atoms with Gasteiger partial charge in [0.1, 0.15) is 0 Å². The predicted octanol–water partition coefficient (Wildman–Crippen LogP) is 4.50. The van der Waals surface area contributed by atoms with E-state index in [0.29, 0.717) is 12.1 Å². The molecule has 1 fully saturated rings. The number of benzene rings is 1. The summed E-state index contributed by atoms with van der Waals surface area (Å²) >= 11 is 6.25. The number of anilines is 1. The maximum absolute atomic E-state index is 6.25. The van der Waals surface area contributed by atoms with E-state index >= 15 is 0 Å². The van der Waals surface area contributed by atoms with Gasteiger partial charge >= 0.3 is 0 Å². The number of hydrogen-bond donors (Lipinski definition) is 1. The third kappa shape index (κ3) is 2.49. The Morgan fingerprint density at radius 1 is 1.38 bits per heavy atom. The van der Waals surface area contributed by atoms with Crippen LogP contribution in [0.25, 0.3) is 10.9 Å². The molecule has 0 amide bonds. The number of nitrogens with zero attached hydrogens (tertiary/aromatic N) is 1. The number of halogens is 1. The van der Waals surface area contributed by atoms with Gasteiger partial charge in [0, 0.05) is 29.6 Å². The summed E-state index contributed by atoms with van der Waals surface area (Å²) in [4.78, 5) is 4.48. The molecule has 1 aliphatic rings. The molecule has 1 aliphatic carbocycles. The molecule has 0 saturated heterocycles. The molecule has 1 aromatic carbocycles. The van der Waals surface area contributed by atoms with E-state index in [1.165, 1.54) is 0 Å². The standard InChI is InChI=1S/C17H21ClN2O/c1-4-21-15-10-14(17(15,2)3)20-13-8-7-12(18)11-6-5-9-19-16(11)13/h5-9,14-15,20H,4,10H2,1-3H3. The maximum atomic E-state index is 6.25. The highest BCUT2D eigenvalue weighted by atomic mass is 35.5. The smallest absolute Gasteiger partial charge is 0.0948 e. The molecule has 4 heteroatoms.